The minimum absolute atomic E-state index is 0.184. The highest BCUT2D eigenvalue weighted by Crippen LogP contribution is 2.04. The number of carboxylic acid groups (broad SMARTS) is 1. The monoisotopic (exact) mass is 239 g/mol. The van der Waals surface area contributed by atoms with E-state index in [0.717, 1.165) is 0 Å². The summed E-state index contributed by atoms with van der Waals surface area (Å²) in [5.74, 6) is 4.44. The van der Waals surface area contributed by atoms with Crippen molar-refractivity contribution in [1.29, 1.82) is 0 Å². The predicted molar refractivity (Wildman–Crippen MR) is 51.9 cm³/mol. The van der Waals surface area contributed by atoms with E-state index in [2.05, 4.69) is 32.8 Å². The summed E-state index contributed by atoms with van der Waals surface area (Å²) in [5, 5.41) is 9.27. The number of carbonyl (C=O) groups is 1. The van der Waals surface area contributed by atoms with Crippen molar-refractivity contribution in [3.05, 3.63) is 29.6 Å². The second-order valence-corrected chi connectivity index (χ2v) is 2.72. The van der Waals surface area contributed by atoms with Crippen molar-refractivity contribution in [1.82, 2.24) is 4.98 Å². The third kappa shape index (κ3) is 2.56. The van der Waals surface area contributed by atoms with E-state index in [9.17, 15) is 4.79 Å². The molecule has 0 bridgehead atoms. The fraction of sp³-hybridized carbons (Fsp3) is 0.111. The van der Waals surface area contributed by atoms with Gasteiger partial charge in [-0.05, 0) is 6.07 Å². The number of hydrogen-bond donors (Lipinski definition) is 1. The molecule has 1 heterocycles. The average molecular weight is 240 g/mol. The summed E-state index contributed by atoms with van der Waals surface area (Å²) < 4.78 is 0. The molecule has 13 heavy (non-hydrogen) atoms. The first-order valence-corrected chi connectivity index (χ1v) is 4.60. The molecule has 0 aromatic carbocycles. The van der Waals surface area contributed by atoms with Crippen molar-refractivity contribution < 1.29 is 9.90 Å². The molecule has 1 N–H and O–H groups in total. The van der Waals surface area contributed by atoms with Gasteiger partial charge in [-0.15, -0.1) is 0 Å². The van der Waals surface area contributed by atoms with Crippen molar-refractivity contribution in [2.45, 2.75) is 0 Å². The van der Waals surface area contributed by atoms with E-state index in [1.54, 1.807) is 0 Å². The third-order valence-electron chi connectivity index (χ3n) is 1.34. The first-order chi connectivity index (χ1) is 6.25. The molecule has 0 aliphatic heterocycles. The largest absolute Gasteiger partial charge is 0.478 e. The Morgan fingerprint density at radius 2 is 2.46 bits per heavy atom. The van der Waals surface area contributed by atoms with Crippen LogP contribution in [0.15, 0.2) is 18.5 Å². The van der Waals surface area contributed by atoms with Crippen molar-refractivity contribution in [3.8, 4) is 11.8 Å². The van der Waals surface area contributed by atoms with Crippen molar-refractivity contribution in [3.63, 3.8) is 0 Å². The number of rotatable bonds is 1. The molecule has 0 radical (unpaired) electrons. The number of aromatic nitrogens is 1. The van der Waals surface area contributed by atoms with Crippen LogP contribution in [-0.2, 0) is 0 Å². The first-order valence-electron chi connectivity index (χ1n) is 3.48. The van der Waals surface area contributed by atoms with Crippen LogP contribution in [-0.4, -0.2) is 21.4 Å². The molecule has 0 aliphatic rings. The van der Waals surface area contributed by atoms with E-state index in [1.165, 1.54) is 18.5 Å². The molecule has 0 saturated heterocycles. The number of hydrogen-bond acceptors (Lipinski definition) is 2. The summed E-state index contributed by atoms with van der Waals surface area (Å²) in [6, 6.07) is 1.43. The standard InChI is InChI=1S/C9H6BrNO2/c10-4-1-2-7-6-11-5-3-8(7)9(12)13/h3,5-6H,4H2,(H,12,13). The Labute approximate surface area is 83.9 Å². The third-order valence-corrected chi connectivity index (χ3v) is 1.62. The van der Waals surface area contributed by atoms with E-state index in [-0.39, 0.29) is 5.56 Å². The number of carboxylic acids is 1. The van der Waals surface area contributed by atoms with Gasteiger partial charge in [-0.25, -0.2) is 4.79 Å². The van der Waals surface area contributed by atoms with Crippen LogP contribution >= 0.6 is 15.9 Å². The highest BCUT2D eigenvalue weighted by molar-refractivity contribution is 9.09. The van der Waals surface area contributed by atoms with Crippen molar-refractivity contribution in [2.24, 2.45) is 0 Å². The van der Waals surface area contributed by atoms with Gasteiger partial charge in [0.05, 0.1) is 16.5 Å². The van der Waals surface area contributed by atoms with Gasteiger partial charge in [-0.3, -0.25) is 4.98 Å². The molecule has 0 aliphatic carbocycles. The Hall–Kier alpha value is -1.34. The lowest BCUT2D eigenvalue weighted by atomic mass is 10.1. The van der Waals surface area contributed by atoms with Crippen LogP contribution in [0.2, 0.25) is 0 Å². The van der Waals surface area contributed by atoms with Gasteiger partial charge in [-0.2, -0.15) is 0 Å². The second kappa shape index (κ2) is 4.63. The Balaban J connectivity index is 3.12. The van der Waals surface area contributed by atoms with E-state index >= 15 is 0 Å². The molecule has 1 aromatic heterocycles. The molecule has 0 spiro atoms. The summed E-state index contributed by atoms with van der Waals surface area (Å²) in [6.45, 7) is 0. The Morgan fingerprint density at radius 3 is 3.08 bits per heavy atom. The topological polar surface area (TPSA) is 50.2 Å². The van der Waals surface area contributed by atoms with Crippen LogP contribution in [0.25, 0.3) is 0 Å². The number of alkyl halides is 1. The lowest BCUT2D eigenvalue weighted by molar-refractivity contribution is 0.0696. The zero-order chi connectivity index (χ0) is 9.68. The molecule has 0 fully saturated rings. The summed E-state index contributed by atoms with van der Waals surface area (Å²) in [5.41, 5.74) is 0.623. The van der Waals surface area contributed by atoms with Crippen LogP contribution in [0, 0.1) is 11.8 Å². The molecular weight excluding hydrogens is 234 g/mol. The highest BCUT2D eigenvalue weighted by atomic mass is 79.9. The van der Waals surface area contributed by atoms with Crippen molar-refractivity contribution >= 4 is 21.9 Å². The normalized spacial score (nSPS) is 8.69. The minimum Gasteiger partial charge on any atom is -0.478 e. The molecule has 66 valence electrons. The maximum absolute atomic E-state index is 10.7. The molecule has 4 heteroatoms. The lowest BCUT2D eigenvalue weighted by Crippen LogP contribution is -2.00. The van der Waals surface area contributed by atoms with E-state index in [1.807, 2.05) is 0 Å². The fourth-order valence-electron chi connectivity index (χ4n) is 0.809. The molecule has 0 amide bonds. The van der Waals surface area contributed by atoms with Gasteiger partial charge >= 0.3 is 5.97 Å². The molecule has 3 nitrogen and oxygen atoms in total. The van der Waals surface area contributed by atoms with Crippen LogP contribution < -0.4 is 0 Å². The maximum Gasteiger partial charge on any atom is 0.337 e. The van der Waals surface area contributed by atoms with Gasteiger partial charge in [0, 0.05) is 12.4 Å². The molecule has 1 aromatic rings. The zero-order valence-corrected chi connectivity index (χ0v) is 8.21. The summed E-state index contributed by atoms with van der Waals surface area (Å²) >= 11 is 3.13. The van der Waals surface area contributed by atoms with E-state index in [0.29, 0.717) is 10.9 Å². The van der Waals surface area contributed by atoms with Gasteiger partial charge in [0.1, 0.15) is 0 Å². The van der Waals surface area contributed by atoms with E-state index in [4.69, 9.17) is 5.11 Å². The predicted octanol–water partition coefficient (Wildman–Crippen LogP) is 1.53. The van der Waals surface area contributed by atoms with E-state index < -0.39 is 5.97 Å². The minimum atomic E-state index is -0.985. The molecular formula is C9H6BrNO2. The van der Waals surface area contributed by atoms with Gasteiger partial charge in [0.15, 0.2) is 0 Å². The summed E-state index contributed by atoms with van der Waals surface area (Å²) in [6.07, 6.45) is 2.88. The quantitative estimate of drug-likeness (QED) is 0.598. The number of pyridine rings is 1. The van der Waals surface area contributed by atoms with Crippen LogP contribution in [0.1, 0.15) is 15.9 Å². The molecule has 0 saturated carbocycles. The fourth-order valence-corrected chi connectivity index (χ4v) is 0.949. The van der Waals surface area contributed by atoms with Gasteiger partial charge in [0.25, 0.3) is 0 Å². The Morgan fingerprint density at radius 1 is 1.69 bits per heavy atom. The van der Waals surface area contributed by atoms with Crippen LogP contribution in [0.3, 0.4) is 0 Å². The smallest absolute Gasteiger partial charge is 0.337 e. The molecule has 0 unspecified atom stereocenters. The number of nitrogens with zero attached hydrogens (tertiary/aromatic N) is 1. The average Bonchev–Trinajstić information content (AvgIpc) is 2.15. The number of aromatic carboxylic acids is 1. The lowest BCUT2D eigenvalue weighted by Gasteiger charge is -1.95. The molecule has 0 atom stereocenters. The first kappa shape index (κ1) is 9.75. The maximum atomic E-state index is 10.7. The summed E-state index contributed by atoms with van der Waals surface area (Å²) in [7, 11) is 0. The van der Waals surface area contributed by atoms with Gasteiger partial charge < -0.3 is 5.11 Å². The second-order valence-electron chi connectivity index (χ2n) is 2.16. The molecule has 1 rings (SSSR count). The summed E-state index contributed by atoms with van der Waals surface area (Å²) in [4.78, 5) is 14.5. The highest BCUT2D eigenvalue weighted by Gasteiger charge is 2.06. The van der Waals surface area contributed by atoms with Crippen LogP contribution in [0.5, 0.6) is 0 Å². The SMILES string of the molecule is O=C(O)c1ccncc1C#CCBr. The van der Waals surface area contributed by atoms with Crippen molar-refractivity contribution in [2.75, 3.05) is 5.33 Å². The Bertz CT molecular complexity index is 379. The number of halogens is 1. The Kier molecular flexibility index (Phi) is 3.47. The van der Waals surface area contributed by atoms with Crippen LogP contribution in [0.4, 0.5) is 0 Å². The van der Waals surface area contributed by atoms with Gasteiger partial charge in [-0.1, -0.05) is 27.8 Å². The zero-order valence-electron chi connectivity index (χ0n) is 6.62. The van der Waals surface area contributed by atoms with Gasteiger partial charge in [0.2, 0.25) is 0 Å².